The molecule has 0 aromatic rings. The highest BCUT2D eigenvalue weighted by Crippen LogP contribution is 2.30. The average Bonchev–Trinajstić information content (AvgIpc) is 3.12. The fraction of sp³-hybridized carbons (Fsp3) is 0.846. The van der Waals surface area contributed by atoms with Gasteiger partial charge in [-0.3, -0.25) is 4.79 Å². The molecule has 1 aliphatic heterocycles. The number of carboxylic acids is 1. The summed E-state index contributed by atoms with van der Waals surface area (Å²) >= 11 is 0. The molecule has 1 saturated heterocycles. The smallest absolute Gasteiger partial charge is 0.317 e. The second-order valence-corrected chi connectivity index (χ2v) is 5.98. The van der Waals surface area contributed by atoms with E-state index in [0.717, 1.165) is 6.54 Å². The fourth-order valence-electron chi connectivity index (χ4n) is 2.46. The molecule has 1 unspecified atom stereocenters. The number of likely N-dealkylation sites (tertiary alicyclic amines) is 1. The van der Waals surface area contributed by atoms with Gasteiger partial charge in [-0.25, -0.2) is 4.79 Å². The molecule has 0 radical (unpaired) electrons. The van der Waals surface area contributed by atoms with Gasteiger partial charge in [0, 0.05) is 32.2 Å². The zero-order valence-electron chi connectivity index (χ0n) is 11.7. The van der Waals surface area contributed by atoms with Crippen LogP contribution in [0.5, 0.6) is 0 Å². The number of nitrogens with one attached hydrogen (secondary N) is 1. The van der Waals surface area contributed by atoms with Crippen molar-refractivity contribution in [2.45, 2.75) is 32.2 Å². The topological polar surface area (TPSA) is 72.9 Å². The SMILES string of the molecule is CN(CCNC(=O)N1CCC(C)(C(=O)O)C1)C1CC1. The third-order valence-electron chi connectivity index (χ3n) is 4.19. The van der Waals surface area contributed by atoms with Crippen molar-refractivity contribution in [3.05, 3.63) is 0 Å². The quantitative estimate of drug-likeness (QED) is 0.766. The van der Waals surface area contributed by atoms with Crippen LogP contribution in [0.25, 0.3) is 0 Å². The van der Waals surface area contributed by atoms with Crippen molar-refractivity contribution in [1.29, 1.82) is 0 Å². The largest absolute Gasteiger partial charge is 0.481 e. The molecule has 2 fully saturated rings. The number of hydrogen-bond donors (Lipinski definition) is 2. The standard InChI is InChI=1S/C13H23N3O3/c1-13(11(17)18)5-7-16(9-13)12(19)14-6-8-15(2)10-3-4-10/h10H,3-9H2,1-2H3,(H,14,19)(H,17,18). The van der Waals surface area contributed by atoms with E-state index in [9.17, 15) is 9.59 Å². The van der Waals surface area contributed by atoms with Crippen LogP contribution in [0.4, 0.5) is 4.79 Å². The van der Waals surface area contributed by atoms with Crippen LogP contribution in [0, 0.1) is 5.41 Å². The van der Waals surface area contributed by atoms with E-state index < -0.39 is 11.4 Å². The molecule has 0 bridgehead atoms. The maximum atomic E-state index is 11.9. The summed E-state index contributed by atoms with van der Waals surface area (Å²) in [5.74, 6) is -0.823. The Balaban J connectivity index is 1.70. The van der Waals surface area contributed by atoms with E-state index in [-0.39, 0.29) is 6.03 Å². The molecule has 2 aliphatic rings. The van der Waals surface area contributed by atoms with Gasteiger partial charge >= 0.3 is 12.0 Å². The van der Waals surface area contributed by atoms with Crippen molar-refractivity contribution in [1.82, 2.24) is 15.1 Å². The first-order valence-electron chi connectivity index (χ1n) is 6.89. The highest BCUT2D eigenvalue weighted by atomic mass is 16.4. The Labute approximate surface area is 113 Å². The first-order chi connectivity index (χ1) is 8.92. The number of hydrogen-bond acceptors (Lipinski definition) is 3. The molecule has 0 aromatic carbocycles. The molecule has 0 aromatic heterocycles. The van der Waals surface area contributed by atoms with E-state index in [2.05, 4.69) is 17.3 Å². The minimum Gasteiger partial charge on any atom is -0.481 e. The lowest BCUT2D eigenvalue weighted by molar-refractivity contribution is -0.146. The number of carbonyl (C=O) groups is 2. The Morgan fingerprint density at radius 2 is 2.16 bits per heavy atom. The number of rotatable bonds is 5. The van der Waals surface area contributed by atoms with E-state index in [1.807, 2.05) is 0 Å². The average molecular weight is 269 g/mol. The van der Waals surface area contributed by atoms with Crippen LogP contribution in [-0.2, 0) is 4.79 Å². The van der Waals surface area contributed by atoms with Crippen molar-refractivity contribution in [3.63, 3.8) is 0 Å². The third-order valence-corrected chi connectivity index (χ3v) is 4.19. The molecule has 2 N–H and O–H groups in total. The molecule has 1 saturated carbocycles. The number of amides is 2. The Bertz CT molecular complexity index is 370. The van der Waals surface area contributed by atoms with Crippen LogP contribution >= 0.6 is 0 Å². The molecule has 6 heteroatoms. The van der Waals surface area contributed by atoms with Crippen LogP contribution in [0.15, 0.2) is 0 Å². The molecule has 1 aliphatic carbocycles. The van der Waals surface area contributed by atoms with E-state index >= 15 is 0 Å². The van der Waals surface area contributed by atoms with Crippen molar-refractivity contribution in [2.24, 2.45) is 5.41 Å². The Morgan fingerprint density at radius 1 is 1.47 bits per heavy atom. The summed E-state index contributed by atoms with van der Waals surface area (Å²) in [5.41, 5.74) is -0.790. The molecule has 0 spiro atoms. The summed E-state index contributed by atoms with van der Waals surface area (Å²) in [5, 5.41) is 12.0. The number of aliphatic carboxylic acids is 1. The van der Waals surface area contributed by atoms with E-state index in [4.69, 9.17) is 5.11 Å². The lowest BCUT2D eigenvalue weighted by atomic mass is 9.90. The van der Waals surface area contributed by atoms with Gasteiger partial charge in [0.25, 0.3) is 0 Å². The monoisotopic (exact) mass is 269 g/mol. The van der Waals surface area contributed by atoms with Crippen LogP contribution in [0.3, 0.4) is 0 Å². The predicted molar refractivity (Wildman–Crippen MR) is 71.0 cm³/mol. The number of likely N-dealkylation sites (N-methyl/N-ethyl adjacent to an activating group) is 1. The van der Waals surface area contributed by atoms with Gasteiger partial charge in [-0.05, 0) is 33.2 Å². The first kappa shape index (κ1) is 14.1. The fourth-order valence-corrected chi connectivity index (χ4v) is 2.46. The highest BCUT2D eigenvalue weighted by Gasteiger charge is 2.42. The van der Waals surface area contributed by atoms with E-state index in [1.165, 1.54) is 12.8 Å². The Hall–Kier alpha value is -1.30. The van der Waals surface area contributed by atoms with Crippen LogP contribution in [-0.4, -0.2) is 66.2 Å². The zero-order valence-corrected chi connectivity index (χ0v) is 11.7. The van der Waals surface area contributed by atoms with Gasteiger partial charge in [-0.1, -0.05) is 0 Å². The van der Waals surface area contributed by atoms with Gasteiger partial charge in [0.05, 0.1) is 5.41 Å². The Morgan fingerprint density at radius 3 is 2.68 bits per heavy atom. The number of nitrogens with zero attached hydrogens (tertiary/aromatic N) is 2. The summed E-state index contributed by atoms with van der Waals surface area (Å²) in [6, 6.07) is 0.549. The normalized spacial score (nSPS) is 26.8. The number of urea groups is 1. The van der Waals surface area contributed by atoms with Crippen LogP contribution in [0.2, 0.25) is 0 Å². The summed E-state index contributed by atoms with van der Waals surface area (Å²) < 4.78 is 0. The number of carboxylic acid groups (broad SMARTS) is 1. The minimum atomic E-state index is -0.823. The van der Waals surface area contributed by atoms with Gasteiger partial charge in [-0.15, -0.1) is 0 Å². The predicted octanol–water partition coefficient (Wildman–Crippen LogP) is 0.587. The van der Waals surface area contributed by atoms with E-state index in [1.54, 1.807) is 11.8 Å². The molecule has 2 amide bonds. The van der Waals surface area contributed by atoms with Crippen molar-refractivity contribution in [3.8, 4) is 0 Å². The lowest BCUT2D eigenvalue weighted by Gasteiger charge is -2.21. The Kier molecular flexibility index (Phi) is 3.99. The summed E-state index contributed by atoms with van der Waals surface area (Å²) in [6.07, 6.45) is 3.04. The summed E-state index contributed by atoms with van der Waals surface area (Å²) in [7, 11) is 2.07. The summed E-state index contributed by atoms with van der Waals surface area (Å²) in [6.45, 7) is 3.98. The maximum absolute atomic E-state index is 11.9. The molecular formula is C13H23N3O3. The molecule has 108 valence electrons. The molecule has 2 rings (SSSR count). The van der Waals surface area contributed by atoms with Gasteiger partial charge in [0.15, 0.2) is 0 Å². The second kappa shape index (κ2) is 5.36. The molecule has 6 nitrogen and oxygen atoms in total. The number of carbonyl (C=O) groups excluding carboxylic acids is 1. The minimum absolute atomic E-state index is 0.144. The second-order valence-electron chi connectivity index (χ2n) is 5.98. The van der Waals surface area contributed by atoms with Gasteiger partial charge in [0.2, 0.25) is 0 Å². The molecule has 1 atom stereocenters. The molecule has 1 heterocycles. The lowest BCUT2D eigenvalue weighted by Crippen LogP contribution is -2.43. The van der Waals surface area contributed by atoms with Gasteiger partial charge < -0.3 is 20.2 Å². The molecular weight excluding hydrogens is 246 g/mol. The first-order valence-corrected chi connectivity index (χ1v) is 6.89. The van der Waals surface area contributed by atoms with E-state index in [0.29, 0.717) is 32.1 Å². The highest BCUT2D eigenvalue weighted by molar-refractivity contribution is 5.79. The zero-order chi connectivity index (χ0) is 14.0. The van der Waals surface area contributed by atoms with Crippen molar-refractivity contribution < 1.29 is 14.7 Å². The molecule has 19 heavy (non-hydrogen) atoms. The maximum Gasteiger partial charge on any atom is 0.317 e. The van der Waals surface area contributed by atoms with Gasteiger partial charge in [0.1, 0.15) is 0 Å². The van der Waals surface area contributed by atoms with Crippen LogP contribution < -0.4 is 5.32 Å². The van der Waals surface area contributed by atoms with Gasteiger partial charge in [-0.2, -0.15) is 0 Å². The third kappa shape index (κ3) is 3.37. The van der Waals surface area contributed by atoms with Crippen molar-refractivity contribution in [2.75, 3.05) is 33.2 Å². The van der Waals surface area contributed by atoms with Crippen LogP contribution in [0.1, 0.15) is 26.2 Å². The summed E-state index contributed by atoms with van der Waals surface area (Å²) in [4.78, 5) is 26.9. The van der Waals surface area contributed by atoms with Crippen molar-refractivity contribution >= 4 is 12.0 Å².